The SMILES string of the molecule is C=CCN(CCCCC)C(=O)C1N(CCCO)C(=O)[C@@H]2[C@@H](C(=O)O)[C@@H]3OC12CC3Br. The second-order valence-electron chi connectivity index (χ2n) is 8.39. The van der Waals surface area contributed by atoms with E-state index in [2.05, 4.69) is 29.4 Å². The fraction of sp³-hybridized carbons (Fsp3) is 0.762. The lowest BCUT2D eigenvalue weighted by Crippen LogP contribution is -2.57. The van der Waals surface area contributed by atoms with Crippen LogP contribution < -0.4 is 0 Å². The quantitative estimate of drug-likeness (QED) is 0.259. The van der Waals surface area contributed by atoms with E-state index >= 15 is 0 Å². The Morgan fingerprint density at radius 2 is 2.13 bits per heavy atom. The molecule has 3 saturated heterocycles. The number of hydrogen-bond donors (Lipinski definition) is 2. The summed E-state index contributed by atoms with van der Waals surface area (Å²) in [6.07, 6.45) is 4.58. The summed E-state index contributed by atoms with van der Waals surface area (Å²) < 4.78 is 6.21. The predicted molar refractivity (Wildman–Crippen MR) is 113 cm³/mol. The van der Waals surface area contributed by atoms with E-state index < -0.39 is 35.6 Å². The highest BCUT2D eigenvalue weighted by Gasteiger charge is 2.76. The van der Waals surface area contributed by atoms with Crippen LogP contribution in [0.3, 0.4) is 0 Å². The number of carboxylic acid groups (broad SMARTS) is 1. The smallest absolute Gasteiger partial charge is 0.310 e. The number of alkyl halides is 1. The van der Waals surface area contributed by atoms with Crippen molar-refractivity contribution in [3.8, 4) is 0 Å². The largest absolute Gasteiger partial charge is 0.481 e. The lowest BCUT2D eigenvalue weighted by molar-refractivity contribution is -0.150. The second-order valence-corrected chi connectivity index (χ2v) is 9.57. The van der Waals surface area contributed by atoms with Crippen LogP contribution in [0, 0.1) is 11.8 Å². The van der Waals surface area contributed by atoms with E-state index in [0.29, 0.717) is 25.9 Å². The molecule has 0 radical (unpaired) electrons. The molecular weight excluding hydrogens is 456 g/mol. The molecule has 2 amide bonds. The van der Waals surface area contributed by atoms with Crippen molar-refractivity contribution in [1.82, 2.24) is 9.80 Å². The number of aliphatic hydroxyl groups is 1. The molecule has 6 atom stereocenters. The van der Waals surface area contributed by atoms with Crippen molar-refractivity contribution in [1.29, 1.82) is 0 Å². The summed E-state index contributed by atoms with van der Waals surface area (Å²) in [5.74, 6) is -3.54. The number of aliphatic carboxylic acids is 1. The number of fused-ring (bicyclic) bond motifs is 1. The van der Waals surface area contributed by atoms with Crippen LogP contribution in [0.15, 0.2) is 12.7 Å². The zero-order valence-corrected chi connectivity index (χ0v) is 18.9. The number of ether oxygens (including phenoxy) is 1. The van der Waals surface area contributed by atoms with E-state index in [9.17, 15) is 24.6 Å². The lowest BCUT2D eigenvalue weighted by Gasteiger charge is -2.37. The van der Waals surface area contributed by atoms with E-state index in [1.165, 1.54) is 4.90 Å². The molecular formula is C21H31BrN2O6. The Bertz CT molecular complexity index is 703. The number of amides is 2. The summed E-state index contributed by atoms with van der Waals surface area (Å²) >= 11 is 3.52. The van der Waals surface area contributed by atoms with Gasteiger partial charge in [0.15, 0.2) is 0 Å². The summed E-state index contributed by atoms with van der Waals surface area (Å²) in [6, 6.07) is -0.891. The fourth-order valence-electron chi connectivity index (χ4n) is 5.35. The van der Waals surface area contributed by atoms with Gasteiger partial charge in [0.1, 0.15) is 11.6 Å². The van der Waals surface area contributed by atoms with Gasteiger partial charge in [0.2, 0.25) is 11.8 Å². The van der Waals surface area contributed by atoms with Crippen molar-refractivity contribution in [2.45, 2.75) is 61.6 Å². The highest BCUT2D eigenvalue weighted by molar-refractivity contribution is 9.09. The van der Waals surface area contributed by atoms with Gasteiger partial charge < -0.3 is 24.7 Å². The highest BCUT2D eigenvalue weighted by atomic mass is 79.9. The first-order valence-corrected chi connectivity index (χ1v) is 11.6. The third-order valence-electron chi connectivity index (χ3n) is 6.56. The van der Waals surface area contributed by atoms with Crippen LogP contribution >= 0.6 is 15.9 Å². The molecule has 0 aromatic rings. The summed E-state index contributed by atoms with van der Waals surface area (Å²) in [7, 11) is 0. The van der Waals surface area contributed by atoms with Crippen LogP contribution in [0.1, 0.15) is 39.0 Å². The number of likely N-dealkylation sites (tertiary alicyclic amines) is 1. The Balaban J connectivity index is 1.98. The molecule has 2 bridgehead atoms. The first kappa shape index (κ1) is 23.2. The number of aliphatic hydroxyl groups excluding tert-OH is 1. The number of carbonyl (C=O) groups excluding carboxylic acids is 2. The Kier molecular flexibility index (Phi) is 7.24. The van der Waals surface area contributed by atoms with E-state index in [0.717, 1.165) is 19.3 Å². The molecule has 168 valence electrons. The van der Waals surface area contributed by atoms with Gasteiger partial charge in [-0.15, -0.1) is 6.58 Å². The summed E-state index contributed by atoms with van der Waals surface area (Å²) in [4.78, 5) is 42.0. The van der Waals surface area contributed by atoms with E-state index in [1.807, 2.05) is 0 Å². The minimum atomic E-state index is -1.16. The maximum Gasteiger partial charge on any atom is 0.310 e. The van der Waals surface area contributed by atoms with Crippen molar-refractivity contribution in [3.63, 3.8) is 0 Å². The molecule has 3 rings (SSSR count). The molecule has 3 heterocycles. The van der Waals surface area contributed by atoms with Crippen LogP contribution in [-0.4, -0.2) is 86.6 Å². The van der Waals surface area contributed by atoms with Gasteiger partial charge in [-0.1, -0.05) is 41.8 Å². The number of rotatable bonds is 11. The van der Waals surface area contributed by atoms with Crippen molar-refractivity contribution >= 4 is 33.7 Å². The van der Waals surface area contributed by atoms with Crippen LogP contribution in [0.2, 0.25) is 0 Å². The third kappa shape index (κ3) is 3.69. The van der Waals surface area contributed by atoms with Gasteiger partial charge in [0, 0.05) is 31.1 Å². The fourth-order valence-corrected chi connectivity index (χ4v) is 6.29. The minimum absolute atomic E-state index is 0.123. The minimum Gasteiger partial charge on any atom is -0.481 e. The van der Waals surface area contributed by atoms with Gasteiger partial charge in [0.25, 0.3) is 0 Å². The van der Waals surface area contributed by atoms with Gasteiger partial charge in [-0.25, -0.2) is 0 Å². The van der Waals surface area contributed by atoms with E-state index in [4.69, 9.17) is 4.74 Å². The normalized spacial score (nSPS) is 34.3. The lowest BCUT2D eigenvalue weighted by atomic mass is 9.70. The Morgan fingerprint density at radius 1 is 1.40 bits per heavy atom. The second kappa shape index (κ2) is 9.36. The zero-order chi connectivity index (χ0) is 22.1. The highest BCUT2D eigenvalue weighted by Crippen LogP contribution is 2.60. The van der Waals surface area contributed by atoms with Crippen LogP contribution in [0.4, 0.5) is 0 Å². The number of nitrogens with zero attached hydrogens (tertiary/aromatic N) is 2. The topological polar surface area (TPSA) is 107 Å². The monoisotopic (exact) mass is 486 g/mol. The summed E-state index contributed by atoms with van der Waals surface area (Å²) in [5, 5.41) is 19.1. The molecule has 3 fully saturated rings. The van der Waals surface area contributed by atoms with Crippen molar-refractivity contribution in [2.24, 2.45) is 11.8 Å². The molecule has 3 aliphatic heterocycles. The first-order valence-electron chi connectivity index (χ1n) is 10.7. The Morgan fingerprint density at radius 3 is 2.73 bits per heavy atom. The number of unbranched alkanes of at least 4 members (excludes halogenated alkanes) is 2. The number of carboxylic acids is 1. The maximum absolute atomic E-state index is 13.7. The number of hydrogen-bond acceptors (Lipinski definition) is 5. The molecule has 1 spiro atoms. The molecule has 30 heavy (non-hydrogen) atoms. The first-order chi connectivity index (χ1) is 14.3. The summed E-state index contributed by atoms with van der Waals surface area (Å²) in [6.45, 7) is 6.80. The van der Waals surface area contributed by atoms with Gasteiger partial charge >= 0.3 is 5.97 Å². The standard InChI is InChI=1S/C21H31BrN2O6/c1-3-5-6-9-23(8-4-2)19(27)17-21-12-13(22)16(30-21)14(20(28)29)15(21)18(26)24(17)10-7-11-25/h4,13-17,25H,2-3,5-12H2,1H3,(H,28,29)/t13?,14-,15+,16-,17?,21?/m1/s1. The number of halogens is 1. The molecule has 8 nitrogen and oxygen atoms in total. The molecule has 0 aromatic heterocycles. The molecule has 3 unspecified atom stereocenters. The molecule has 0 aromatic carbocycles. The molecule has 0 aliphatic carbocycles. The van der Waals surface area contributed by atoms with Crippen LogP contribution in [-0.2, 0) is 19.1 Å². The van der Waals surface area contributed by atoms with Crippen molar-refractivity contribution in [2.75, 3.05) is 26.2 Å². The summed E-state index contributed by atoms with van der Waals surface area (Å²) in [5.41, 5.74) is -1.16. The predicted octanol–water partition coefficient (Wildman–Crippen LogP) is 1.41. The van der Waals surface area contributed by atoms with Gasteiger partial charge in [-0.05, 0) is 19.3 Å². The molecule has 0 saturated carbocycles. The average Bonchev–Trinajstić information content (AvgIpc) is 3.29. The number of carbonyl (C=O) groups is 3. The van der Waals surface area contributed by atoms with Gasteiger partial charge in [0.05, 0.1) is 17.9 Å². The van der Waals surface area contributed by atoms with E-state index in [-0.39, 0.29) is 29.8 Å². The molecule has 3 aliphatic rings. The Labute approximate surface area is 185 Å². The van der Waals surface area contributed by atoms with Crippen LogP contribution in [0.25, 0.3) is 0 Å². The van der Waals surface area contributed by atoms with Gasteiger partial charge in [-0.2, -0.15) is 0 Å². The average molecular weight is 487 g/mol. The van der Waals surface area contributed by atoms with Crippen molar-refractivity contribution in [3.05, 3.63) is 12.7 Å². The van der Waals surface area contributed by atoms with E-state index in [1.54, 1.807) is 11.0 Å². The van der Waals surface area contributed by atoms with Crippen molar-refractivity contribution < 1.29 is 29.3 Å². The maximum atomic E-state index is 13.7. The van der Waals surface area contributed by atoms with Crippen LogP contribution in [0.5, 0.6) is 0 Å². The zero-order valence-electron chi connectivity index (χ0n) is 17.3. The molecule has 9 heteroatoms. The molecule has 2 N–H and O–H groups in total. The Hall–Kier alpha value is -1.45. The van der Waals surface area contributed by atoms with Gasteiger partial charge in [-0.3, -0.25) is 14.4 Å². The third-order valence-corrected chi connectivity index (χ3v) is 7.40.